The van der Waals surface area contributed by atoms with Gasteiger partial charge in [0.15, 0.2) is 6.61 Å². The molecule has 1 N–H and O–H groups in total. The molecule has 0 fully saturated rings. The summed E-state index contributed by atoms with van der Waals surface area (Å²) in [6.07, 6.45) is -0.117. The SMILES string of the molecule is CCO[C@H](COc1ccc(F)cc1)CSc1ccc(OCC(=O)O)c(C)c1. The smallest absolute Gasteiger partial charge is 0.341 e. The number of carboxylic acid groups (broad SMARTS) is 1. The Kier molecular flexibility index (Phi) is 8.42. The van der Waals surface area contributed by atoms with Gasteiger partial charge in [0.1, 0.15) is 30.0 Å². The summed E-state index contributed by atoms with van der Waals surface area (Å²) < 4.78 is 29.6. The highest BCUT2D eigenvalue weighted by atomic mass is 32.2. The first-order chi connectivity index (χ1) is 13.0. The molecule has 0 aliphatic heterocycles. The normalized spacial score (nSPS) is 11.8. The van der Waals surface area contributed by atoms with Gasteiger partial charge in [-0.25, -0.2) is 9.18 Å². The molecule has 5 nitrogen and oxygen atoms in total. The molecule has 0 spiro atoms. The zero-order valence-electron chi connectivity index (χ0n) is 15.3. The van der Waals surface area contributed by atoms with Crippen LogP contribution in [0, 0.1) is 12.7 Å². The van der Waals surface area contributed by atoms with E-state index in [1.54, 1.807) is 30.0 Å². The minimum absolute atomic E-state index is 0.117. The van der Waals surface area contributed by atoms with Crippen molar-refractivity contribution in [1.29, 1.82) is 0 Å². The van der Waals surface area contributed by atoms with Crippen LogP contribution >= 0.6 is 11.8 Å². The second-order valence-electron chi connectivity index (χ2n) is 5.76. The summed E-state index contributed by atoms with van der Waals surface area (Å²) in [6, 6.07) is 11.5. The Hall–Kier alpha value is -2.25. The van der Waals surface area contributed by atoms with Crippen molar-refractivity contribution < 1.29 is 28.5 Å². The fraction of sp³-hybridized carbons (Fsp3) is 0.350. The zero-order chi connectivity index (χ0) is 19.6. The summed E-state index contributed by atoms with van der Waals surface area (Å²) in [7, 11) is 0. The van der Waals surface area contributed by atoms with Gasteiger partial charge in [-0.2, -0.15) is 0 Å². The van der Waals surface area contributed by atoms with Gasteiger partial charge in [0, 0.05) is 17.3 Å². The van der Waals surface area contributed by atoms with Crippen LogP contribution in [0.4, 0.5) is 4.39 Å². The van der Waals surface area contributed by atoms with Gasteiger partial charge in [-0.3, -0.25) is 0 Å². The number of ether oxygens (including phenoxy) is 3. The van der Waals surface area contributed by atoms with Crippen LogP contribution in [0.15, 0.2) is 47.4 Å². The van der Waals surface area contributed by atoms with Crippen LogP contribution in [-0.4, -0.2) is 42.8 Å². The van der Waals surface area contributed by atoms with Crippen molar-refractivity contribution in [2.24, 2.45) is 0 Å². The summed E-state index contributed by atoms with van der Waals surface area (Å²) in [5.41, 5.74) is 0.872. The molecule has 0 bridgehead atoms. The molecule has 146 valence electrons. The highest BCUT2D eigenvalue weighted by molar-refractivity contribution is 7.99. The van der Waals surface area contributed by atoms with Crippen LogP contribution in [0.3, 0.4) is 0 Å². The van der Waals surface area contributed by atoms with E-state index in [0.29, 0.717) is 30.5 Å². The summed E-state index contributed by atoms with van der Waals surface area (Å²) in [5, 5.41) is 8.69. The predicted octanol–water partition coefficient (Wildman–Crippen LogP) is 4.17. The molecule has 2 rings (SSSR count). The highest BCUT2D eigenvalue weighted by Crippen LogP contribution is 2.26. The van der Waals surface area contributed by atoms with E-state index in [4.69, 9.17) is 19.3 Å². The molecule has 0 aromatic heterocycles. The molecule has 2 aromatic rings. The Morgan fingerprint density at radius 1 is 1.19 bits per heavy atom. The number of thioether (sulfide) groups is 1. The van der Waals surface area contributed by atoms with Crippen molar-refractivity contribution in [3.63, 3.8) is 0 Å². The molecule has 0 aliphatic carbocycles. The third-order valence-corrected chi connectivity index (χ3v) is 4.71. The van der Waals surface area contributed by atoms with Crippen molar-refractivity contribution in [3.8, 4) is 11.5 Å². The number of hydrogen-bond acceptors (Lipinski definition) is 5. The van der Waals surface area contributed by atoms with E-state index in [2.05, 4.69) is 0 Å². The molecule has 2 aromatic carbocycles. The second-order valence-corrected chi connectivity index (χ2v) is 6.86. The fourth-order valence-corrected chi connectivity index (χ4v) is 3.30. The fourth-order valence-electron chi connectivity index (χ4n) is 2.30. The molecule has 1 atom stereocenters. The topological polar surface area (TPSA) is 65.0 Å². The molecule has 0 saturated carbocycles. The molecule has 7 heteroatoms. The van der Waals surface area contributed by atoms with E-state index >= 15 is 0 Å². The van der Waals surface area contributed by atoms with Gasteiger partial charge in [-0.05, 0) is 61.9 Å². The van der Waals surface area contributed by atoms with Crippen LogP contribution in [0.5, 0.6) is 11.5 Å². The molecule has 0 radical (unpaired) electrons. The van der Waals surface area contributed by atoms with Crippen LogP contribution < -0.4 is 9.47 Å². The van der Waals surface area contributed by atoms with Crippen LogP contribution in [0.2, 0.25) is 0 Å². The summed E-state index contributed by atoms with van der Waals surface area (Å²) in [5.74, 6) is 0.535. The summed E-state index contributed by atoms with van der Waals surface area (Å²) >= 11 is 1.62. The van der Waals surface area contributed by atoms with Gasteiger partial charge < -0.3 is 19.3 Å². The minimum atomic E-state index is -1.01. The number of carboxylic acids is 1. The average molecular weight is 394 g/mol. The number of benzene rings is 2. The van der Waals surface area contributed by atoms with E-state index in [1.165, 1.54) is 12.1 Å². The number of halogens is 1. The lowest BCUT2D eigenvalue weighted by atomic mass is 10.2. The van der Waals surface area contributed by atoms with Gasteiger partial charge in [-0.1, -0.05) is 0 Å². The van der Waals surface area contributed by atoms with Crippen molar-refractivity contribution in [3.05, 3.63) is 53.8 Å². The van der Waals surface area contributed by atoms with Crippen molar-refractivity contribution >= 4 is 17.7 Å². The van der Waals surface area contributed by atoms with Gasteiger partial charge in [0.05, 0.1) is 0 Å². The Morgan fingerprint density at radius 2 is 1.93 bits per heavy atom. The summed E-state index contributed by atoms with van der Waals surface area (Å²) in [6.45, 7) is 4.37. The molecule has 27 heavy (non-hydrogen) atoms. The average Bonchev–Trinajstić information content (AvgIpc) is 2.64. The standard InChI is InChI=1S/C20H23FO5S/c1-3-24-17(11-25-16-6-4-15(21)5-7-16)13-27-18-8-9-19(14(2)10-18)26-12-20(22)23/h4-10,17H,3,11-13H2,1-2H3,(H,22,23)/t17-/m1/s1. The highest BCUT2D eigenvalue weighted by Gasteiger charge is 2.12. The Labute approximate surface area is 162 Å². The quantitative estimate of drug-likeness (QED) is 0.577. The van der Waals surface area contributed by atoms with Gasteiger partial charge >= 0.3 is 5.97 Å². The van der Waals surface area contributed by atoms with Gasteiger partial charge in [0.2, 0.25) is 0 Å². The predicted molar refractivity (Wildman–Crippen MR) is 102 cm³/mol. The second kappa shape index (κ2) is 10.8. The van der Waals surface area contributed by atoms with E-state index < -0.39 is 5.97 Å². The molecular weight excluding hydrogens is 371 g/mol. The van der Waals surface area contributed by atoms with E-state index in [-0.39, 0.29) is 18.5 Å². The maximum absolute atomic E-state index is 12.9. The van der Waals surface area contributed by atoms with Gasteiger partial charge in [-0.15, -0.1) is 11.8 Å². The van der Waals surface area contributed by atoms with E-state index in [1.807, 2.05) is 26.0 Å². The molecule has 0 saturated heterocycles. The summed E-state index contributed by atoms with van der Waals surface area (Å²) in [4.78, 5) is 11.6. The molecule has 0 amide bonds. The maximum atomic E-state index is 12.9. The molecular formula is C20H23FO5S. The van der Waals surface area contributed by atoms with Crippen molar-refractivity contribution in [2.45, 2.75) is 24.8 Å². The lowest BCUT2D eigenvalue weighted by molar-refractivity contribution is -0.139. The number of rotatable bonds is 11. The van der Waals surface area contributed by atoms with E-state index in [0.717, 1.165) is 10.5 Å². The zero-order valence-corrected chi connectivity index (χ0v) is 16.1. The lowest BCUT2D eigenvalue weighted by Crippen LogP contribution is -2.24. The first-order valence-electron chi connectivity index (χ1n) is 8.56. The molecule has 0 unspecified atom stereocenters. The van der Waals surface area contributed by atoms with Crippen LogP contribution in [0.1, 0.15) is 12.5 Å². The first-order valence-corrected chi connectivity index (χ1v) is 9.54. The third kappa shape index (κ3) is 7.48. The first kappa shape index (κ1) is 21.1. The number of aliphatic carboxylic acids is 1. The number of hydrogen-bond donors (Lipinski definition) is 1. The van der Waals surface area contributed by atoms with Crippen molar-refractivity contribution in [2.75, 3.05) is 25.6 Å². The molecule has 0 aliphatic rings. The molecule has 0 heterocycles. The van der Waals surface area contributed by atoms with Crippen molar-refractivity contribution in [1.82, 2.24) is 0 Å². The monoisotopic (exact) mass is 394 g/mol. The Morgan fingerprint density at radius 3 is 2.56 bits per heavy atom. The largest absolute Gasteiger partial charge is 0.491 e. The Bertz CT molecular complexity index is 736. The van der Waals surface area contributed by atoms with Crippen LogP contribution in [-0.2, 0) is 9.53 Å². The maximum Gasteiger partial charge on any atom is 0.341 e. The van der Waals surface area contributed by atoms with Gasteiger partial charge in [0.25, 0.3) is 0 Å². The third-order valence-electron chi connectivity index (χ3n) is 3.59. The number of aryl methyl sites for hydroxylation is 1. The Balaban J connectivity index is 1.87. The minimum Gasteiger partial charge on any atom is -0.491 e. The van der Waals surface area contributed by atoms with Crippen LogP contribution in [0.25, 0.3) is 0 Å². The number of carbonyl (C=O) groups is 1. The van der Waals surface area contributed by atoms with E-state index in [9.17, 15) is 9.18 Å². The lowest BCUT2D eigenvalue weighted by Gasteiger charge is -2.18.